The Labute approximate surface area is 117 Å². The van der Waals surface area contributed by atoms with Crippen LogP contribution >= 0.6 is 27.5 Å². The number of rotatable bonds is 2. The minimum atomic E-state index is -0.400. The molecule has 92 valence electrons. The SMILES string of the molecule is O=C(Nc1cccc(F)c1)c1ccc(Cl)cc1Br. The Balaban J connectivity index is 2.22. The lowest BCUT2D eigenvalue weighted by atomic mass is 10.2. The van der Waals surface area contributed by atoms with Crippen molar-refractivity contribution in [3.05, 3.63) is 63.3 Å². The molecule has 1 amide bonds. The second-order valence-electron chi connectivity index (χ2n) is 3.59. The first kappa shape index (κ1) is 13.1. The molecule has 0 aliphatic rings. The summed E-state index contributed by atoms with van der Waals surface area (Å²) >= 11 is 9.05. The first-order chi connectivity index (χ1) is 8.56. The summed E-state index contributed by atoms with van der Waals surface area (Å²) in [4.78, 5) is 12.0. The molecule has 0 atom stereocenters. The maximum atomic E-state index is 13.0. The standard InChI is InChI=1S/C13H8BrClFNO/c14-12-6-8(15)4-5-11(12)13(18)17-10-3-1-2-9(16)7-10/h1-7H,(H,17,18). The lowest BCUT2D eigenvalue weighted by Gasteiger charge is -2.07. The van der Waals surface area contributed by atoms with Crippen LogP contribution in [0.5, 0.6) is 0 Å². The van der Waals surface area contributed by atoms with Gasteiger partial charge in [0.2, 0.25) is 0 Å². The van der Waals surface area contributed by atoms with Crippen molar-refractivity contribution in [1.82, 2.24) is 0 Å². The van der Waals surface area contributed by atoms with Gasteiger partial charge < -0.3 is 5.32 Å². The van der Waals surface area contributed by atoms with Gasteiger partial charge in [-0.15, -0.1) is 0 Å². The number of carbonyl (C=O) groups excluding carboxylic acids is 1. The number of halogens is 3. The lowest BCUT2D eigenvalue weighted by Crippen LogP contribution is -2.12. The zero-order valence-corrected chi connectivity index (χ0v) is 11.4. The van der Waals surface area contributed by atoms with E-state index in [1.165, 1.54) is 18.2 Å². The van der Waals surface area contributed by atoms with Gasteiger partial charge in [-0.3, -0.25) is 4.79 Å². The fraction of sp³-hybridized carbons (Fsp3) is 0. The highest BCUT2D eigenvalue weighted by Gasteiger charge is 2.10. The zero-order valence-electron chi connectivity index (χ0n) is 9.08. The van der Waals surface area contributed by atoms with Gasteiger partial charge in [0.05, 0.1) is 5.56 Å². The molecule has 2 aromatic rings. The van der Waals surface area contributed by atoms with E-state index in [2.05, 4.69) is 21.2 Å². The summed E-state index contributed by atoms with van der Waals surface area (Å²) in [5.74, 6) is -0.730. The average molecular weight is 329 g/mol. The van der Waals surface area contributed by atoms with E-state index in [1.54, 1.807) is 24.3 Å². The summed E-state index contributed by atoms with van der Waals surface area (Å²) in [6.45, 7) is 0. The maximum absolute atomic E-state index is 13.0. The van der Waals surface area contributed by atoms with E-state index >= 15 is 0 Å². The Morgan fingerprint density at radius 1 is 1.22 bits per heavy atom. The first-order valence-electron chi connectivity index (χ1n) is 5.08. The van der Waals surface area contributed by atoms with Gasteiger partial charge in [-0.2, -0.15) is 0 Å². The number of anilines is 1. The topological polar surface area (TPSA) is 29.1 Å². The third-order valence-corrected chi connectivity index (χ3v) is 3.15. The van der Waals surface area contributed by atoms with Gasteiger partial charge in [0.15, 0.2) is 0 Å². The first-order valence-corrected chi connectivity index (χ1v) is 6.25. The van der Waals surface area contributed by atoms with E-state index in [9.17, 15) is 9.18 Å². The molecule has 0 aromatic heterocycles. The maximum Gasteiger partial charge on any atom is 0.256 e. The van der Waals surface area contributed by atoms with Crippen LogP contribution in [0, 0.1) is 5.82 Å². The Morgan fingerprint density at radius 2 is 2.00 bits per heavy atom. The van der Waals surface area contributed by atoms with E-state index in [0.717, 1.165) is 0 Å². The molecule has 0 aliphatic carbocycles. The third kappa shape index (κ3) is 3.09. The molecule has 0 radical (unpaired) electrons. The molecule has 0 fully saturated rings. The summed E-state index contributed by atoms with van der Waals surface area (Å²) in [5, 5.41) is 3.14. The molecule has 0 heterocycles. The van der Waals surface area contributed by atoms with Gasteiger partial charge in [-0.05, 0) is 52.3 Å². The molecule has 0 saturated heterocycles. The number of hydrogen-bond acceptors (Lipinski definition) is 1. The molecule has 0 saturated carbocycles. The van der Waals surface area contributed by atoms with Crippen LogP contribution in [0.1, 0.15) is 10.4 Å². The summed E-state index contributed by atoms with van der Waals surface area (Å²) in [7, 11) is 0. The number of benzene rings is 2. The Bertz CT molecular complexity index is 603. The molecule has 2 aromatic carbocycles. The minimum absolute atomic E-state index is 0.329. The molecule has 0 unspecified atom stereocenters. The van der Waals surface area contributed by atoms with Gasteiger partial charge >= 0.3 is 0 Å². The molecule has 5 heteroatoms. The number of amides is 1. The molecule has 0 aliphatic heterocycles. The highest BCUT2D eigenvalue weighted by atomic mass is 79.9. The largest absolute Gasteiger partial charge is 0.322 e. The highest BCUT2D eigenvalue weighted by molar-refractivity contribution is 9.10. The summed E-state index contributed by atoms with van der Waals surface area (Å²) in [5.41, 5.74) is 0.838. The van der Waals surface area contributed by atoms with Crippen LogP contribution in [-0.4, -0.2) is 5.91 Å². The number of hydrogen-bond donors (Lipinski definition) is 1. The van der Waals surface area contributed by atoms with Crippen LogP contribution in [0.15, 0.2) is 46.9 Å². The van der Waals surface area contributed by atoms with Crippen molar-refractivity contribution in [1.29, 1.82) is 0 Å². The van der Waals surface area contributed by atoms with Crippen LogP contribution in [0.4, 0.5) is 10.1 Å². The quantitative estimate of drug-likeness (QED) is 0.864. The van der Waals surface area contributed by atoms with Crippen molar-refractivity contribution in [2.24, 2.45) is 0 Å². The molecule has 2 nitrogen and oxygen atoms in total. The Morgan fingerprint density at radius 3 is 2.67 bits per heavy atom. The van der Waals surface area contributed by atoms with E-state index in [0.29, 0.717) is 20.7 Å². The molecule has 0 bridgehead atoms. The van der Waals surface area contributed by atoms with Crippen LogP contribution < -0.4 is 5.32 Å². The van der Waals surface area contributed by atoms with Crippen molar-refractivity contribution < 1.29 is 9.18 Å². The zero-order chi connectivity index (χ0) is 13.1. The van der Waals surface area contributed by atoms with Gasteiger partial charge in [0.1, 0.15) is 5.82 Å². The van der Waals surface area contributed by atoms with Crippen LogP contribution in [-0.2, 0) is 0 Å². The van der Waals surface area contributed by atoms with Gasteiger partial charge in [0, 0.05) is 15.2 Å². The van der Waals surface area contributed by atoms with E-state index in [1.807, 2.05) is 0 Å². The van der Waals surface area contributed by atoms with Crippen molar-refractivity contribution in [3.8, 4) is 0 Å². The highest BCUT2D eigenvalue weighted by Crippen LogP contribution is 2.22. The minimum Gasteiger partial charge on any atom is -0.322 e. The number of carbonyl (C=O) groups is 1. The van der Waals surface area contributed by atoms with Crippen LogP contribution in [0.2, 0.25) is 5.02 Å². The Hall–Kier alpha value is -1.39. The van der Waals surface area contributed by atoms with E-state index in [-0.39, 0.29) is 5.91 Å². The normalized spacial score (nSPS) is 10.2. The predicted molar refractivity (Wildman–Crippen MR) is 73.5 cm³/mol. The molecule has 18 heavy (non-hydrogen) atoms. The molecular formula is C13H8BrClFNO. The van der Waals surface area contributed by atoms with Gasteiger partial charge in [0.25, 0.3) is 5.91 Å². The van der Waals surface area contributed by atoms with E-state index < -0.39 is 5.82 Å². The van der Waals surface area contributed by atoms with Crippen molar-refractivity contribution in [2.75, 3.05) is 5.32 Å². The van der Waals surface area contributed by atoms with E-state index in [4.69, 9.17) is 11.6 Å². The summed E-state index contributed by atoms with van der Waals surface area (Å²) in [6, 6.07) is 10.6. The monoisotopic (exact) mass is 327 g/mol. The van der Waals surface area contributed by atoms with Crippen molar-refractivity contribution in [3.63, 3.8) is 0 Å². The second kappa shape index (κ2) is 5.50. The van der Waals surface area contributed by atoms with Gasteiger partial charge in [-0.25, -0.2) is 4.39 Å². The average Bonchev–Trinajstić information content (AvgIpc) is 2.28. The number of nitrogens with one attached hydrogen (secondary N) is 1. The lowest BCUT2D eigenvalue weighted by molar-refractivity contribution is 0.102. The second-order valence-corrected chi connectivity index (χ2v) is 4.88. The molecule has 2 rings (SSSR count). The summed E-state index contributed by atoms with van der Waals surface area (Å²) < 4.78 is 13.6. The smallest absolute Gasteiger partial charge is 0.256 e. The molecule has 0 spiro atoms. The third-order valence-electron chi connectivity index (χ3n) is 2.26. The molecule has 1 N–H and O–H groups in total. The van der Waals surface area contributed by atoms with Gasteiger partial charge in [-0.1, -0.05) is 17.7 Å². The van der Waals surface area contributed by atoms with Crippen molar-refractivity contribution in [2.45, 2.75) is 0 Å². The van der Waals surface area contributed by atoms with Crippen LogP contribution in [0.25, 0.3) is 0 Å². The molecular weight excluding hydrogens is 321 g/mol. The Kier molecular flexibility index (Phi) is 3.99. The fourth-order valence-electron chi connectivity index (χ4n) is 1.44. The predicted octanol–water partition coefficient (Wildman–Crippen LogP) is 4.49. The van der Waals surface area contributed by atoms with Crippen LogP contribution in [0.3, 0.4) is 0 Å². The fourth-order valence-corrected chi connectivity index (χ4v) is 2.30. The summed E-state index contributed by atoms with van der Waals surface area (Å²) in [6.07, 6.45) is 0. The van der Waals surface area contributed by atoms with Crippen molar-refractivity contribution >= 4 is 39.1 Å².